The maximum atomic E-state index is 13.6. The van der Waals surface area contributed by atoms with Crippen LogP contribution in [0.3, 0.4) is 0 Å². The Balaban J connectivity index is 0.00000507. The molecule has 0 unspecified atom stereocenters. The number of carbonyl (C=O) groups excluding carboxylic acids is 1. The summed E-state index contributed by atoms with van der Waals surface area (Å²) in [6, 6.07) is 12.1. The summed E-state index contributed by atoms with van der Waals surface area (Å²) in [7, 11) is 3.17. The first kappa shape index (κ1) is 32.4. The zero-order valence-corrected chi connectivity index (χ0v) is 25.5. The molecule has 1 aromatic heterocycles. The van der Waals surface area contributed by atoms with Crippen molar-refractivity contribution in [1.82, 2.24) is 14.2 Å². The van der Waals surface area contributed by atoms with Crippen LogP contribution >= 0.6 is 35.5 Å². The molecule has 38 heavy (non-hydrogen) atoms. The largest absolute Gasteiger partial charge is 0.383 e. The number of fused-ring (bicyclic) bond motifs is 1. The fraction of sp³-hybridized carbons (Fsp3) is 0.440. The van der Waals surface area contributed by atoms with E-state index in [4.69, 9.17) is 14.5 Å². The molecule has 13 heteroatoms. The second kappa shape index (κ2) is 15.1. The number of carbonyl (C=O) groups is 1. The molecule has 0 saturated heterocycles. The van der Waals surface area contributed by atoms with Crippen LogP contribution in [0.1, 0.15) is 10.4 Å². The van der Waals surface area contributed by atoms with Gasteiger partial charge in [0.05, 0.1) is 28.3 Å². The van der Waals surface area contributed by atoms with Gasteiger partial charge >= 0.3 is 0 Å². The highest BCUT2D eigenvalue weighted by Crippen LogP contribution is 2.32. The lowest BCUT2D eigenvalue weighted by Crippen LogP contribution is -2.37. The Morgan fingerprint density at radius 3 is 2.16 bits per heavy atom. The molecule has 3 aromatic rings. The van der Waals surface area contributed by atoms with E-state index in [9.17, 15) is 13.2 Å². The van der Waals surface area contributed by atoms with Crippen LogP contribution in [0.5, 0.6) is 0 Å². The standard InChI is InChI=1S/C25H34N4O5S3.ClH/c1-27(2)12-13-29(25-26-22-11-8-20(35-5)18-23(22)36-25)24(30)19-6-9-21(10-7-19)37(31,32)28(14-16-33-3)15-17-34-4;/h6-11,18H,12-17H2,1-5H3;1H. The number of ether oxygens (including phenoxy) is 2. The van der Waals surface area contributed by atoms with E-state index in [1.807, 2.05) is 37.4 Å². The number of nitrogens with zero attached hydrogens (tertiary/aromatic N) is 4. The summed E-state index contributed by atoms with van der Waals surface area (Å²) >= 11 is 3.13. The van der Waals surface area contributed by atoms with Crippen molar-refractivity contribution in [2.24, 2.45) is 0 Å². The highest BCUT2D eigenvalue weighted by molar-refractivity contribution is 7.98. The van der Waals surface area contributed by atoms with Crippen molar-refractivity contribution in [3.63, 3.8) is 0 Å². The number of rotatable bonds is 14. The van der Waals surface area contributed by atoms with E-state index in [1.54, 1.807) is 28.8 Å². The van der Waals surface area contributed by atoms with E-state index < -0.39 is 10.0 Å². The van der Waals surface area contributed by atoms with Gasteiger partial charge in [0.1, 0.15) is 0 Å². The number of thioether (sulfide) groups is 1. The maximum Gasteiger partial charge on any atom is 0.260 e. The minimum absolute atomic E-state index is 0. The molecule has 0 bridgehead atoms. The summed E-state index contributed by atoms with van der Waals surface area (Å²) in [5.41, 5.74) is 1.23. The van der Waals surface area contributed by atoms with E-state index in [-0.39, 0.29) is 49.5 Å². The number of hydrogen-bond donors (Lipinski definition) is 0. The van der Waals surface area contributed by atoms with Crippen LogP contribution < -0.4 is 4.90 Å². The number of halogens is 1. The highest BCUT2D eigenvalue weighted by atomic mass is 35.5. The third kappa shape index (κ3) is 8.12. The molecule has 0 aliphatic rings. The topological polar surface area (TPSA) is 92.3 Å². The number of anilines is 1. The molecule has 1 heterocycles. The minimum Gasteiger partial charge on any atom is -0.383 e. The molecule has 0 atom stereocenters. The second-order valence-corrected chi connectivity index (χ2v) is 12.3. The predicted octanol–water partition coefficient (Wildman–Crippen LogP) is 3.93. The van der Waals surface area contributed by atoms with Crippen molar-refractivity contribution in [3.05, 3.63) is 48.0 Å². The molecule has 3 rings (SSSR count). The summed E-state index contributed by atoms with van der Waals surface area (Å²) in [5, 5.41) is 0.613. The van der Waals surface area contributed by atoms with Gasteiger partial charge in [-0.25, -0.2) is 13.4 Å². The Kier molecular flexibility index (Phi) is 12.9. The number of thiazole rings is 1. The number of aromatic nitrogens is 1. The summed E-state index contributed by atoms with van der Waals surface area (Å²) in [6.07, 6.45) is 2.02. The Bertz CT molecular complexity index is 1280. The van der Waals surface area contributed by atoms with Crippen LogP contribution in [-0.2, 0) is 19.5 Å². The Morgan fingerprint density at radius 1 is 0.974 bits per heavy atom. The van der Waals surface area contributed by atoms with E-state index in [2.05, 4.69) is 6.07 Å². The third-order valence-electron chi connectivity index (χ3n) is 5.66. The predicted molar refractivity (Wildman–Crippen MR) is 158 cm³/mol. The van der Waals surface area contributed by atoms with Crippen LogP contribution in [0.15, 0.2) is 52.3 Å². The van der Waals surface area contributed by atoms with Crippen LogP contribution in [0.4, 0.5) is 5.13 Å². The van der Waals surface area contributed by atoms with Crippen molar-refractivity contribution in [2.75, 3.05) is 78.9 Å². The van der Waals surface area contributed by atoms with Gasteiger partial charge in [-0.1, -0.05) is 11.3 Å². The molecule has 0 fully saturated rings. The zero-order valence-electron chi connectivity index (χ0n) is 22.2. The summed E-state index contributed by atoms with van der Waals surface area (Å²) in [6.45, 7) is 2.04. The second-order valence-electron chi connectivity index (χ2n) is 8.50. The molecule has 2 aromatic carbocycles. The van der Waals surface area contributed by atoms with Gasteiger partial charge in [0.2, 0.25) is 10.0 Å². The smallest absolute Gasteiger partial charge is 0.260 e. The first-order chi connectivity index (χ1) is 17.7. The Hall–Kier alpha value is -1.77. The average Bonchev–Trinajstić information content (AvgIpc) is 3.31. The number of benzene rings is 2. The molecule has 210 valence electrons. The number of hydrogen-bond acceptors (Lipinski definition) is 9. The van der Waals surface area contributed by atoms with Crippen molar-refractivity contribution in [2.45, 2.75) is 9.79 Å². The van der Waals surface area contributed by atoms with Gasteiger partial charge in [0.25, 0.3) is 5.91 Å². The van der Waals surface area contributed by atoms with Crippen molar-refractivity contribution in [3.8, 4) is 0 Å². The number of likely N-dealkylation sites (N-methyl/N-ethyl adjacent to an activating group) is 1. The lowest BCUT2D eigenvalue weighted by molar-refractivity contribution is 0.0985. The van der Waals surface area contributed by atoms with Crippen LogP contribution in [0.2, 0.25) is 0 Å². The maximum absolute atomic E-state index is 13.6. The van der Waals surface area contributed by atoms with E-state index in [1.165, 1.54) is 42.0 Å². The molecule has 0 aliphatic heterocycles. The number of sulfonamides is 1. The fourth-order valence-electron chi connectivity index (χ4n) is 3.53. The van der Waals surface area contributed by atoms with E-state index in [0.717, 1.165) is 15.1 Å². The average molecular weight is 603 g/mol. The normalized spacial score (nSPS) is 11.8. The van der Waals surface area contributed by atoms with Gasteiger partial charge in [-0.3, -0.25) is 9.69 Å². The molecule has 1 amide bonds. The lowest BCUT2D eigenvalue weighted by Gasteiger charge is -2.23. The molecule has 0 saturated carbocycles. The molecule has 0 spiro atoms. The van der Waals surface area contributed by atoms with E-state index >= 15 is 0 Å². The number of amides is 1. The van der Waals surface area contributed by atoms with Gasteiger partial charge in [-0.15, -0.1) is 24.2 Å². The SMILES string of the molecule is COCCN(CCOC)S(=O)(=O)c1ccc(C(=O)N(CCN(C)C)c2nc3ccc(SC)cc3s2)cc1.Cl. The number of methoxy groups -OCH3 is 2. The van der Waals surface area contributed by atoms with Gasteiger partial charge < -0.3 is 14.4 Å². The van der Waals surface area contributed by atoms with Crippen LogP contribution in [-0.4, -0.2) is 102 Å². The summed E-state index contributed by atoms with van der Waals surface area (Å²) in [4.78, 5) is 23.2. The van der Waals surface area contributed by atoms with Crippen LogP contribution in [0.25, 0.3) is 10.2 Å². The zero-order chi connectivity index (χ0) is 27.0. The van der Waals surface area contributed by atoms with Crippen molar-refractivity contribution < 1.29 is 22.7 Å². The molecular weight excluding hydrogens is 568 g/mol. The lowest BCUT2D eigenvalue weighted by atomic mass is 10.2. The Labute approximate surface area is 239 Å². The van der Waals surface area contributed by atoms with Crippen molar-refractivity contribution in [1.29, 1.82) is 0 Å². The molecular formula is C25H35ClN4O5S3. The third-order valence-corrected chi connectivity index (χ3v) is 9.34. The molecule has 0 N–H and O–H groups in total. The van der Waals surface area contributed by atoms with E-state index in [0.29, 0.717) is 23.8 Å². The molecule has 0 aliphatic carbocycles. The summed E-state index contributed by atoms with van der Waals surface area (Å²) < 4.78 is 38.9. The highest BCUT2D eigenvalue weighted by Gasteiger charge is 2.26. The van der Waals surface area contributed by atoms with Crippen LogP contribution in [0, 0.1) is 0 Å². The molecule has 0 radical (unpaired) electrons. The minimum atomic E-state index is -3.78. The van der Waals surface area contributed by atoms with Gasteiger partial charge in [0, 0.05) is 50.9 Å². The first-order valence-electron chi connectivity index (χ1n) is 11.7. The monoisotopic (exact) mass is 602 g/mol. The quantitative estimate of drug-likeness (QED) is 0.256. The van der Waals surface area contributed by atoms with Gasteiger partial charge in [0.15, 0.2) is 5.13 Å². The van der Waals surface area contributed by atoms with Gasteiger partial charge in [-0.2, -0.15) is 4.31 Å². The summed E-state index contributed by atoms with van der Waals surface area (Å²) in [5.74, 6) is -0.231. The first-order valence-corrected chi connectivity index (χ1v) is 15.2. The Morgan fingerprint density at radius 2 is 1.61 bits per heavy atom. The molecule has 9 nitrogen and oxygen atoms in total. The fourth-order valence-corrected chi connectivity index (χ4v) is 6.48. The van der Waals surface area contributed by atoms with Gasteiger partial charge in [-0.05, 0) is 62.8 Å². The van der Waals surface area contributed by atoms with Crippen molar-refractivity contribution >= 4 is 66.8 Å².